The predicted molar refractivity (Wildman–Crippen MR) is 154 cm³/mol. The molecule has 2 unspecified atom stereocenters. The molecule has 2 amide bonds. The number of hydrogen-bond acceptors (Lipinski definition) is 5. The molecule has 2 aliphatic heterocycles. The Morgan fingerprint density at radius 1 is 1.05 bits per heavy atom. The second-order valence-corrected chi connectivity index (χ2v) is 11.4. The number of aromatic nitrogens is 1. The van der Waals surface area contributed by atoms with Crippen LogP contribution in [-0.2, 0) is 0 Å². The standard InChI is InChI=1S/C31H34ClFN4O4/c1-18-28(20(3)38)34-19(2)29(18)41-31(40)35-26(21-8-5-4-6-9-21)12-13-36-14-22-16-37(17-23(22)15-36)30(39)27-24(32)10-7-11-25(27)33/h4-11,22-23,26,34H,12-17H2,1-3H3,(H,35,40)/t22-,23?,26?/m0/s1. The van der Waals surface area contributed by atoms with Gasteiger partial charge in [0.2, 0.25) is 0 Å². The van der Waals surface area contributed by atoms with Gasteiger partial charge in [-0.15, -0.1) is 0 Å². The van der Waals surface area contributed by atoms with Gasteiger partial charge >= 0.3 is 6.09 Å². The summed E-state index contributed by atoms with van der Waals surface area (Å²) in [5.74, 6) is -0.116. The van der Waals surface area contributed by atoms with Gasteiger partial charge in [0, 0.05) is 45.2 Å². The number of Topliss-reactive ketones (excluding diaryl/α,β-unsaturated/α-hetero) is 1. The molecule has 5 rings (SSSR count). The van der Waals surface area contributed by atoms with Crippen molar-refractivity contribution in [2.75, 3.05) is 32.7 Å². The van der Waals surface area contributed by atoms with E-state index < -0.39 is 11.9 Å². The van der Waals surface area contributed by atoms with Gasteiger partial charge < -0.3 is 24.8 Å². The van der Waals surface area contributed by atoms with E-state index in [2.05, 4.69) is 15.2 Å². The summed E-state index contributed by atoms with van der Waals surface area (Å²) in [6, 6.07) is 13.8. The number of likely N-dealkylation sites (tertiary alicyclic amines) is 2. The van der Waals surface area contributed by atoms with Crippen molar-refractivity contribution in [3.8, 4) is 5.75 Å². The molecule has 0 saturated carbocycles. The van der Waals surface area contributed by atoms with Crippen LogP contribution in [0.4, 0.5) is 9.18 Å². The highest BCUT2D eigenvalue weighted by Crippen LogP contribution is 2.34. The zero-order chi connectivity index (χ0) is 29.3. The van der Waals surface area contributed by atoms with Crippen molar-refractivity contribution in [1.29, 1.82) is 0 Å². The highest BCUT2D eigenvalue weighted by molar-refractivity contribution is 6.33. The molecule has 3 aromatic rings. The van der Waals surface area contributed by atoms with Crippen molar-refractivity contribution in [1.82, 2.24) is 20.1 Å². The number of hydrogen-bond donors (Lipinski definition) is 2. The lowest BCUT2D eigenvalue weighted by Gasteiger charge is -2.25. The predicted octanol–water partition coefficient (Wildman–Crippen LogP) is 5.55. The number of H-pyrrole nitrogens is 1. The molecular formula is C31H34ClFN4O4. The Kier molecular flexibility index (Phi) is 8.47. The highest BCUT2D eigenvalue weighted by atomic mass is 35.5. The summed E-state index contributed by atoms with van der Waals surface area (Å²) in [5, 5.41) is 3.14. The van der Waals surface area contributed by atoms with E-state index in [4.69, 9.17) is 16.3 Å². The number of halogens is 2. The van der Waals surface area contributed by atoms with Gasteiger partial charge in [0.05, 0.1) is 28.0 Å². The number of ether oxygens (including phenoxy) is 1. The molecule has 8 nitrogen and oxygen atoms in total. The first-order valence-electron chi connectivity index (χ1n) is 13.8. The fraction of sp³-hybridized carbons (Fsp3) is 0.387. The summed E-state index contributed by atoms with van der Waals surface area (Å²) >= 11 is 6.13. The second-order valence-electron chi connectivity index (χ2n) is 11.0. The average molecular weight is 581 g/mol. The van der Waals surface area contributed by atoms with E-state index in [0.29, 0.717) is 54.0 Å². The maximum absolute atomic E-state index is 14.3. The first kappa shape index (κ1) is 28.8. The van der Waals surface area contributed by atoms with Crippen LogP contribution < -0.4 is 10.1 Å². The van der Waals surface area contributed by atoms with Crippen molar-refractivity contribution >= 4 is 29.4 Å². The third kappa shape index (κ3) is 6.16. The molecule has 0 radical (unpaired) electrons. The molecule has 0 bridgehead atoms. The number of amides is 2. The topological polar surface area (TPSA) is 94.7 Å². The smallest absolute Gasteiger partial charge is 0.408 e. The van der Waals surface area contributed by atoms with Crippen LogP contribution in [0.3, 0.4) is 0 Å². The highest BCUT2D eigenvalue weighted by Gasteiger charge is 2.42. The number of carbonyl (C=O) groups is 3. The quantitative estimate of drug-likeness (QED) is 0.341. The van der Waals surface area contributed by atoms with Crippen molar-refractivity contribution in [2.24, 2.45) is 11.8 Å². The van der Waals surface area contributed by atoms with E-state index in [1.54, 1.807) is 18.7 Å². The summed E-state index contributed by atoms with van der Waals surface area (Å²) in [7, 11) is 0. The number of ketones is 1. The Bertz CT molecular complexity index is 1430. The van der Waals surface area contributed by atoms with Gasteiger partial charge in [-0.25, -0.2) is 9.18 Å². The first-order chi connectivity index (χ1) is 19.6. The number of nitrogens with one attached hydrogen (secondary N) is 2. The SMILES string of the molecule is CC(=O)c1[nH]c(C)c(OC(=O)NC(CCN2CC3CN(C(=O)c4c(F)cccc4Cl)C[C@@H]3C2)c2ccccc2)c1C. The molecule has 1 aromatic heterocycles. The normalized spacial score (nSPS) is 19.2. The van der Waals surface area contributed by atoms with Gasteiger partial charge in [0.1, 0.15) is 5.82 Å². The maximum Gasteiger partial charge on any atom is 0.413 e. The zero-order valence-electron chi connectivity index (χ0n) is 23.4. The largest absolute Gasteiger partial charge is 0.413 e. The molecule has 3 atom stereocenters. The van der Waals surface area contributed by atoms with Crippen LogP contribution in [0.1, 0.15) is 57.1 Å². The number of benzene rings is 2. The lowest BCUT2D eigenvalue weighted by Crippen LogP contribution is -2.36. The monoisotopic (exact) mass is 580 g/mol. The fourth-order valence-electron chi connectivity index (χ4n) is 6.12. The molecular weight excluding hydrogens is 547 g/mol. The number of carbonyl (C=O) groups excluding carboxylic acids is 3. The molecule has 2 saturated heterocycles. The molecule has 2 aromatic carbocycles. The van der Waals surface area contributed by atoms with Crippen LogP contribution in [0.25, 0.3) is 0 Å². The number of aromatic amines is 1. The molecule has 216 valence electrons. The Labute approximate surface area is 243 Å². The van der Waals surface area contributed by atoms with Crippen LogP contribution >= 0.6 is 11.6 Å². The van der Waals surface area contributed by atoms with Crippen molar-refractivity contribution in [3.05, 3.63) is 87.4 Å². The number of rotatable bonds is 8. The van der Waals surface area contributed by atoms with Gasteiger partial charge in [0.15, 0.2) is 11.5 Å². The summed E-state index contributed by atoms with van der Waals surface area (Å²) in [6.45, 7) is 8.50. The number of nitrogens with zero attached hydrogens (tertiary/aromatic N) is 2. The Morgan fingerprint density at radius 2 is 1.73 bits per heavy atom. The zero-order valence-corrected chi connectivity index (χ0v) is 24.1. The molecule has 0 spiro atoms. The first-order valence-corrected chi connectivity index (χ1v) is 14.2. The third-order valence-corrected chi connectivity index (χ3v) is 8.48. The fourth-order valence-corrected chi connectivity index (χ4v) is 6.36. The van der Waals surface area contributed by atoms with Crippen LogP contribution in [-0.4, -0.2) is 65.3 Å². The molecule has 2 N–H and O–H groups in total. The van der Waals surface area contributed by atoms with Crippen LogP contribution in [0, 0.1) is 31.5 Å². The third-order valence-electron chi connectivity index (χ3n) is 8.17. The summed E-state index contributed by atoms with van der Waals surface area (Å²) < 4.78 is 20.0. The second kappa shape index (κ2) is 12.0. The lowest BCUT2D eigenvalue weighted by atomic mass is 10.0. The summed E-state index contributed by atoms with van der Waals surface area (Å²) in [5.41, 5.74) is 2.57. The molecule has 2 aliphatic rings. The minimum absolute atomic E-state index is 0.0581. The molecule has 41 heavy (non-hydrogen) atoms. The van der Waals surface area contributed by atoms with Crippen LogP contribution in [0.5, 0.6) is 5.75 Å². The van der Waals surface area contributed by atoms with E-state index >= 15 is 0 Å². The van der Waals surface area contributed by atoms with Gasteiger partial charge in [-0.05, 0) is 49.8 Å². The Hall–Kier alpha value is -3.69. The van der Waals surface area contributed by atoms with Crippen LogP contribution in [0.2, 0.25) is 5.02 Å². The molecule has 2 fully saturated rings. The Balaban J connectivity index is 1.19. The summed E-state index contributed by atoms with van der Waals surface area (Å²) in [6.07, 6.45) is 0.0777. The number of aryl methyl sites for hydroxylation is 1. The van der Waals surface area contributed by atoms with Crippen molar-refractivity contribution in [3.63, 3.8) is 0 Å². The van der Waals surface area contributed by atoms with Crippen molar-refractivity contribution < 1.29 is 23.5 Å². The van der Waals surface area contributed by atoms with Crippen LogP contribution in [0.15, 0.2) is 48.5 Å². The van der Waals surface area contributed by atoms with Gasteiger partial charge in [-0.2, -0.15) is 0 Å². The number of fused-ring (bicyclic) bond motifs is 1. The average Bonchev–Trinajstić information content (AvgIpc) is 3.59. The molecule has 0 aliphatic carbocycles. The molecule has 3 heterocycles. The van der Waals surface area contributed by atoms with E-state index in [0.717, 1.165) is 25.2 Å². The van der Waals surface area contributed by atoms with Gasteiger partial charge in [-0.1, -0.05) is 48.0 Å². The lowest BCUT2D eigenvalue weighted by molar-refractivity contribution is 0.0769. The van der Waals surface area contributed by atoms with Gasteiger partial charge in [-0.3, -0.25) is 9.59 Å². The van der Waals surface area contributed by atoms with Crippen molar-refractivity contribution in [2.45, 2.75) is 33.2 Å². The summed E-state index contributed by atoms with van der Waals surface area (Å²) in [4.78, 5) is 44.9. The Morgan fingerprint density at radius 3 is 2.34 bits per heavy atom. The minimum atomic E-state index is -0.597. The minimum Gasteiger partial charge on any atom is -0.408 e. The van der Waals surface area contributed by atoms with E-state index in [-0.39, 0.29) is 28.3 Å². The molecule has 10 heteroatoms. The van der Waals surface area contributed by atoms with Gasteiger partial charge in [0.25, 0.3) is 5.91 Å². The maximum atomic E-state index is 14.3. The van der Waals surface area contributed by atoms with E-state index in [9.17, 15) is 18.8 Å². The van der Waals surface area contributed by atoms with E-state index in [1.807, 2.05) is 30.3 Å². The van der Waals surface area contributed by atoms with E-state index in [1.165, 1.54) is 25.1 Å².